The molecule has 2 aromatic carbocycles. The Balaban J connectivity index is 1.88. The van der Waals surface area contributed by atoms with Gasteiger partial charge in [-0.1, -0.05) is 19.1 Å². The Morgan fingerprint density at radius 3 is 2.46 bits per heavy atom. The van der Waals surface area contributed by atoms with Crippen molar-refractivity contribution in [2.75, 3.05) is 19.0 Å². The molecule has 148 valence electrons. The number of aliphatic carboxylic acids is 1. The molecular formula is C21H24N2O5. The van der Waals surface area contributed by atoms with Gasteiger partial charge < -0.3 is 20.5 Å². The highest BCUT2D eigenvalue weighted by atomic mass is 16.5. The molecule has 0 spiro atoms. The maximum atomic E-state index is 12.3. The summed E-state index contributed by atoms with van der Waals surface area (Å²) in [6.07, 6.45) is 0.177. The van der Waals surface area contributed by atoms with Crippen LogP contribution in [-0.2, 0) is 9.59 Å². The third-order valence-corrected chi connectivity index (χ3v) is 4.21. The third-order valence-electron chi connectivity index (χ3n) is 4.21. The van der Waals surface area contributed by atoms with Gasteiger partial charge in [0.05, 0.1) is 13.5 Å². The molecule has 2 amide bonds. The molecule has 2 aromatic rings. The van der Waals surface area contributed by atoms with Crippen molar-refractivity contribution in [2.24, 2.45) is 0 Å². The Labute approximate surface area is 163 Å². The van der Waals surface area contributed by atoms with Crippen LogP contribution in [0.4, 0.5) is 5.69 Å². The number of ether oxygens (including phenoxy) is 1. The van der Waals surface area contributed by atoms with Crippen LogP contribution in [0.2, 0.25) is 0 Å². The highest BCUT2D eigenvalue weighted by Gasteiger charge is 2.13. The molecule has 0 aliphatic heterocycles. The number of carboxylic acids is 1. The van der Waals surface area contributed by atoms with Gasteiger partial charge in [-0.05, 0) is 47.9 Å². The van der Waals surface area contributed by atoms with E-state index in [0.717, 1.165) is 11.3 Å². The molecule has 0 aromatic heterocycles. The second kappa shape index (κ2) is 10.1. The fraction of sp³-hybridized carbons (Fsp3) is 0.286. The first-order chi connectivity index (χ1) is 13.4. The van der Waals surface area contributed by atoms with Crippen molar-refractivity contribution in [2.45, 2.75) is 25.7 Å². The van der Waals surface area contributed by atoms with Gasteiger partial charge in [0.2, 0.25) is 5.91 Å². The lowest BCUT2D eigenvalue weighted by Crippen LogP contribution is -2.25. The van der Waals surface area contributed by atoms with Crippen molar-refractivity contribution in [1.29, 1.82) is 0 Å². The number of benzene rings is 2. The quantitative estimate of drug-likeness (QED) is 0.616. The molecule has 1 unspecified atom stereocenters. The number of carboxylic acid groups (broad SMARTS) is 1. The van der Waals surface area contributed by atoms with Crippen LogP contribution in [0.1, 0.15) is 41.6 Å². The first kappa shape index (κ1) is 21.0. The Morgan fingerprint density at radius 2 is 1.82 bits per heavy atom. The van der Waals surface area contributed by atoms with Crippen LogP contribution >= 0.6 is 0 Å². The van der Waals surface area contributed by atoms with E-state index in [9.17, 15) is 14.4 Å². The molecule has 2 rings (SSSR count). The molecule has 0 aliphatic carbocycles. The van der Waals surface area contributed by atoms with Crippen molar-refractivity contribution in [3.05, 3.63) is 59.7 Å². The van der Waals surface area contributed by atoms with Gasteiger partial charge in [0.15, 0.2) is 0 Å². The van der Waals surface area contributed by atoms with E-state index in [1.165, 1.54) is 0 Å². The van der Waals surface area contributed by atoms with Crippen LogP contribution in [0.15, 0.2) is 48.5 Å². The zero-order valence-electron chi connectivity index (χ0n) is 15.9. The lowest BCUT2D eigenvalue weighted by Gasteiger charge is -2.13. The van der Waals surface area contributed by atoms with Gasteiger partial charge in [-0.15, -0.1) is 0 Å². The topological polar surface area (TPSA) is 105 Å². The second-order valence-electron chi connectivity index (χ2n) is 6.41. The van der Waals surface area contributed by atoms with Gasteiger partial charge in [-0.2, -0.15) is 0 Å². The zero-order valence-corrected chi connectivity index (χ0v) is 15.9. The lowest BCUT2D eigenvalue weighted by atomic mass is 9.97. The molecule has 0 saturated carbocycles. The summed E-state index contributed by atoms with van der Waals surface area (Å²) in [5.74, 6) is -0.683. The lowest BCUT2D eigenvalue weighted by molar-refractivity contribution is -0.136. The number of hydrogen-bond donors (Lipinski definition) is 3. The van der Waals surface area contributed by atoms with Crippen molar-refractivity contribution < 1.29 is 24.2 Å². The van der Waals surface area contributed by atoms with E-state index < -0.39 is 5.97 Å². The first-order valence-corrected chi connectivity index (χ1v) is 8.93. The van der Waals surface area contributed by atoms with Crippen molar-refractivity contribution in [1.82, 2.24) is 5.32 Å². The molecule has 7 nitrogen and oxygen atoms in total. The summed E-state index contributed by atoms with van der Waals surface area (Å²) in [7, 11) is 1.60. The fourth-order valence-corrected chi connectivity index (χ4v) is 2.65. The van der Waals surface area contributed by atoms with Crippen LogP contribution < -0.4 is 15.4 Å². The number of carbonyl (C=O) groups excluding carboxylic acids is 2. The maximum Gasteiger partial charge on any atom is 0.305 e. The molecule has 3 N–H and O–H groups in total. The zero-order chi connectivity index (χ0) is 20.5. The number of carbonyl (C=O) groups is 3. The SMILES string of the molecule is COc1cccc(C(C)CC(=O)Nc2ccc(C(=O)NCCC(=O)O)cc2)c1. The maximum absolute atomic E-state index is 12.3. The first-order valence-electron chi connectivity index (χ1n) is 8.93. The van der Waals surface area contributed by atoms with E-state index >= 15 is 0 Å². The standard InChI is InChI=1S/C21H24N2O5/c1-14(16-4-3-5-18(13-16)28-2)12-19(24)23-17-8-6-15(7-9-17)21(27)22-11-10-20(25)26/h3-9,13-14H,10-12H2,1-2H3,(H,22,27)(H,23,24)(H,25,26). The number of anilines is 1. The summed E-state index contributed by atoms with van der Waals surface area (Å²) in [5.41, 5.74) is 2.00. The van der Waals surface area contributed by atoms with Gasteiger partial charge in [0.25, 0.3) is 5.91 Å². The van der Waals surface area contributed by atoms with E-state index in [2.05, 4.69) is 10.6 Å². The molecule has 0 radical (unpaired) electrons. The molecule has 0 saturated heterocycles. The monoisotopic (exact) mass is 384 g/mol. The summed E-state index contributed by atoms with van der Waals surface area (Å²) >= 11 is 0. The summed E-state index contributed by atoms with van der Waals surface area (Å²) in [6, 6.07) is 14.1. The molecule has 0 heterocycles. The molecule has 0 fully saturated rings. The minimum atomic E-state index is -0.971. The summed E-state index contributed by atoms with van der Waals surface area (Å²) in [6.45, 7) is 2.04. The van der Waals surface area contributed by atoms with E-state index in [-0.39, 0.29) is 30.7 Å². The van der Waals surface area contributed by atoms with Crippen LogP contribution in [-0.4, -0.2) is 36.5 Å². The van der Waals surface area contributed by atoms with Crippen LogP contribution in [0.3, 0.4) is 0 Å². The van der Waals surface area contributed by atoms with Gasteiger partial charge in [-0.25, -0.2) is 0 Å². The second-order valence-corrected chi connectivity index (χ2v) is 6.41. The molecule has 0 bridgehead atoms. The number of hydrogen-bond acceptors (Lipinski definition) is 4. The largest absolute Gasteiger partial charge is 0.497 e. The van der Waals surface area contributed by atoms with Crippen molar-refractivity contribution >= 4 is 23.5 Å². The van der Waals surface area contributed by atoms with E-state index in [1.54, 1.807) is 31.4 Å². The van der Waals surface area contributed by atoms with Crippen LogP contribution in [0, 0.1) is 0 Å². The average molecular weight is 384 g/mol. The van der Waals surface area contributed by atoms with E-state index in [1.807, 2.05) is 31.2 Å². The number of nitrogens with one attached hydrogen (secondary N) is 2. The van der Waals surface area contributed by atoms with Gasteiger partial charge in [0, 0.05) is 24.2 Å². The number of rotatable bonds is 9. The van der Waals surface area contributed by atoms with Crippen LogP contribution in [0.25, 0.3) is 0 Å². The highest BCUT2D eigenvalue weighted by Crippen LogP contribution is 2.23. The van der Waals surface area contributed by atoms with Crippen LogP contribution in [0.5, 0.6) is 5.75 Å². The van der Waals surface area contributed by atoms with E-state index in [0.29, 0.717) is 17.7 Å². The number of amides is 2. The Hall–Kier alpha value is -3.35. The fourth-order valence-electron chi connectivity index (χ4n) is 2.65. The van der Waals surface area contributed by atoms with E-state index in [4.69, 9.17) is 9.84 Å². The smallest absolute Gasteiger partial charge is 0.305 e. The summed E-state index contributed by atoms with van der Waals surface area (Å²) in [5, 5.41) is 13.9. The predicted molar refractivity (Wildman–Crippen MR) is 106 cm³/mol. The van der Waals surface area contributed by atoms with Gasteiger partial charge >= 0.3 is 5.97 Å². The molecular weight excluding hydrogens is 360 g/mol. The Kier molecular flexibility index (Phi) is 7.56. The van der Waals surface area contributed by atoms with Crippen molar-refractivity contribution in [3.63, 3.8) is 0 Å². The molecule has 28 heavy (non-hydrogen) atoms. The normalized spacial score (nSPS) is 11.4. The molecule has 1 atom stereocenters. The number of methoxy groups -OCH3 is 1. The molecule has 0 aliphatic rings. The molecule has 7 heteroatoms. The minimum Gasteiger partial charge on any atom is -0.497 e. The Morgan fingerprint density at radius 1 is 1.11 bits per heavy atom. The van der Waals surface area contributed by atoms with Crippen molar-refractivity contribution in [3.8, 4) is 5.75 Å². The van der Waals surface area contributed by atoms with Gasteiger partial charge in [0.1, 0.15) is 5.75 Å². The Bertz CT molecular complexity index is 833. The average Bonchev–Trinajstić information content (AvgIpc) is 2.68. The van der Waals surface area contributed by atoms with Gasteiger partial charge in [-0.3, -0.25) is 14.4 Å². The summed E-state index contributed by atoms with van der Waals surface area (Å²) in [4.78, 5) is 34.7. The summed E-state index contributed by atoms with van der Waals surface area (Å²) < 4.78 is 5.21. The minimum absolute atomic E-state index is 0.0226. The predicted octanol–water partition coefficient (Wildman–Crippen LogP) is 3.03. The third kappa shape index (κ3) is 6.42. The highest BCUT2D eigenvalue weighted by molar-refractivity contribution is 5.96.